The van der Waals surface area contributed by atoms with Crippen molar-refractivity contribution in [3.63, 3.8) is 0 Å². The Morgan fingerprint density at radius 3 is 1.80 bits per heavy atom. The van der Waals surface area contributed by atoms with Gasteiger partial charge in [0.1, 0.15) is 0 Å². The number of primary amides is 1. The molecule has 2 aromatic rings. The molecule has 2 rings (SSSR count). The third-order valence-corrected chi connectivity index (χ3v) is 3.63. The van der Waals surface area contributed by atoms with E-state index in [0.717, 1.165) is 17.5 Å². The molecule has 0 saturated carbocycles. The average molecular weight is 268 g/mol. The molecule has 3 N–H and O–H groups in total. The molecule has 0 radical (unpaired) electrons. The maximum absolute atomic E-state index is 11.2. The number of benzene rings is 2. The molecule has 0 unspecified atom stereocenters. The summed E-state index contributed by atoms with van der Waals surface area (Å²) in [7, 11) is 0. The monoisotopic (exact) mass is 268 g/mol. The normalized spacial score (nSPS) is 11.2. The van der Waals surface area contributed by atoms with Gasteiger partial charge in [-0.05, 0) is 17.5 Å². The molecule has 0 atom stereocenters. The van der Waals surface area contributed by atoms with Crippen LogP contribution in [-0.4, -0.2) is 12.5 Å². The smallest absolute Gasteiger partial charge is 0.231 e. The molecule has 1 amide bonds. The minimum absolute atomic E-state index is 0.150. The molecule has 104 valence electrons. The fourth-order valence-corrected chi connectivity index (χ4v) is 2.59. The lowest BCUT2D eigenvalue weighted by Crippen LogP contribution is -2.46. The van der Waals surface area contributed by atoms with E-state index in [1.54, 1.807) is 0 Å². The van der Waals surface area contributed by atoms with Gasteiger partial charge in [0, 0.05) is 0 Å². The third-order valence-electron chi connectivity index (χ3n) is 3.63. The molecule has 0 bridgehead atoms. The van der Waals surface area contributed by atoms with Gasteiger partial charge in [-0.25, -0.2) is 0 Å². The summed E-state index contributed by atoms with van der Waals surface area (Å²) >= 11 is 0. The molecular weight excluding hydrogens is 248 g/mol. The van der Waals surface area contributed by atoms with E-state index in [2.05, 4.69) is 36.5 Å². The fourth-order valence-electron chi connectivity index (χ4n) is 2.59. The highest BCUT2D eigenvalue weighted by atomic mass is 16.1. The van der Waals surface area contributed by atoms with Gasteiger partial charge in [0.05, 0.1) is 12.1 Å². The highest BCUT2D eigenvalue weighted by Crippen LogP contribution is 2.32. The number of nitrogens with one attached hydrogen (secondary N) is 1. The van der Waals surface area contributed by atoms with Gasteiger partial charge in [0.2, 0.25) is 5.91 Å². The molecule has 2 aromatic carbocycles. The minimum Gasteiger partial charge on any atom is -0.369 e. The molecule has 20 heavy (non-hydrogen) atoms. The molecule has 0 saturated heterocycles. The highest BCUT2D eigenvalue weighted by Gasteiger charge is 2.31. The van der Waals surface area contributed by atoms with Crippen LogP contribution in [0.5, 0.6) is 0 Å². The first-order valence-corrected chi connectivity index (χ1v) is 6.83. The lowest BCUT2D eigenvalue weighted by atomic mass is 9.80. The van der Waals surface area contributed by atoms with Crippen molar-refractivity contribution in [1.82, 2.24) is 5.32 Å². The SMILES string of the molecule is CCC(NCC(N)=O)(c1ccccc1)c1ccccc1. The zero-order valence-corrected chi connectivity index (χ0v) is 11.7. The van der Waals surface area contributed by atoms with E-state index < -0.39 is 5.54 Å². The van der Waals surface area contributed by atoms with E-state index in [9.17, 15) is 4.79 Å². The van der Waals surface area contributed by atoms with Crippen LogP contribution < -0.4 is 11.1 Å². The first-order chi connectivity index (χ1) is 9.69. The summed E-state index contributed by atoms with van der Waals surface area (Å²) in [6.07, 6.45) is 0.828. The second-order valence-electron chi connectivity index (χ2n) is 4.81. The molecule has 0 spiro atoms. The van der Waals surface area contributed by atoms with Crippen molar-refractivity contribution in [1.29, 1.82) is 0 Å². The maximum atomic E-state index is 11.2. The van der Waals surface area contributed by atoms with Crippen molar-refractivity contribution < 1.29 is 4.79 Å². The van der Waals surface area contributed by atoms with Crippen molar-refractivity contribution in [2.45, 2.75) is 18.9 Å². The minimum atomic E-state index is -0.391. The van der Waals surface area contributed by atoms with Crippen molar-refractivity contribution in [3.05, 3.63) is 71.8 Å². The van der Waals surface area contributed by atoms with Crippen molar-refractivity contribution in [2.75, 3.05) is 6.54 Å². The Hall–Kier alpha value is -2.13. The fraction of sp³-hybridized carbons (Fsp3) is 0.235. The van der Waals surface area contributed by atoms with Crippen LogP contribution in [0.15, 0.2) is 60.7 Å². The van der Waals surface area contributed by atoms with Gasteiger partial charge >= 0.3 is 0 Å². The predicted molar refractivity (Wildman–Crippen MR) is 81.2 cm³/mol. The third kappa shape index (κ3) is 2.89. The Morgan fingerprint density at radius 1 is 1.00 bits per heavy atom. The summed E-state index contributed by atoms with van der Waals surface area (Å²) in [6.45, 7) is 2.26. The van der Waals surface area contributed by atoms with Crippen LogP contribution in [0, 0.1) is 0 Å². The topological polar surface area (TPSA) is 55.1 Å². The predicted octanol–water partition coefficient (Wildman–Crippen LogP) is 2.42. The van der Waals surface area contributed by atoms with Gasteiger partial charge in [-0.2, -0.15) is 0 Å². The van der Waals surface area contributed by atoms with Gasteiger partial charge in [-0.15, -0.1) is 0 Å². The molecule has 3 nitrogen and oxygen atoms in total. The summed E-state index contributed by atoms with van der Waals surface area (Å²) in [5.41, 5.74) is 7.19. The van der Waals surface area contributed by atoms with Gasteiger partial charge in [0.25, 0.3) is 0 Å². The zero-order chi connectivity index (χ0) is 14.4. The summed E-state index contributed by atoms with van der Waals surface area (Å²) in [5.74, 6) is -0.352. The Balaban J connectivity index is 2.49. The number of hydrogen-bond donors (Lipinski definition) is 2. The summed E-state index contributed by atoms with van der Waals surface area (Å²) in [5, 5.41) is 3.34. The van der Waals surface area contributed by atoms with Gasteiger partial charge in [-0.3, -0.25) is 10.1 Å². The van der Waals surface area contributed by atoms with Crippen LogP contribution in [0.25, 0.3) is 0 Å². The second-order valence-corrected chi connectivity index (χ2v) is 4.81. The molecule has 3 heteroatoms. The van der Waals surface area contributed by atoms with E-state index in [-0.39, 0.29) is 12.5 Å². The zero-order valence-electron chi connectivity index (χ0n) is 11.7. The average Bonchev–Trinajstić information content (AvgIpc) is 2.50. The number of hydrogen-bond acceptors (Lipinski definition) is 2. The van der Waals surface area contributed by atoms with E-state index in [1.165, 1.54) is 0 Å². The number of carbonyl (C=O) groups is 1. The Bertz CT molecular complexity index is 512. The standard InChI is InChI=1S/C17H20N2O/c1-2-17(19-13-16(18)20,14-9-5-3-6-10-14)15-11-7-4-8-12-15/h3-12,19H,2,13H2,1H3,(H2,18,20). The summed E-state index contributed by atoms with van der Waals surface area (Å²) in [4.78, 5) is 11.2. The van der Waals surface area contributed by atoms with Crippen LogP contribution in [0.1, 0.15) is 24.5 Å². The molecule has 0 aliphatic rings. The van der Waals surface area contributed by atoms with Crippen molar-refractivity contribution >= 4 is 5.91 Å². The quantitative estimate of drug-likeness (QED) is 0.845. The lowest BCUT2D eigenvalue weighted by molar-refractivity contribution is -0.117. The highest BCUT2D eigenvalue weighted by molar-refractivity contribution is 5.76. The number of nitrogens with two attached hydrogens (primary N) is 1. The van der Waals surface area contributed by atoms with Gasteiger partial charge in [-0.1, -0.05) is 67.6 Å². The van der Waals surface area contributed by atoms with Crippen LogP contribution in [0.2, 0.25) is 0 Å². The molecule has 0 fully saturated rings. The van der Waals surface area contributed by atoms with Crippen LogP contribution >= 0.6 is 0 Å². The van der Waals surface area contributed by atoms with E-state index >= 15 is 0 Å². The molecule has 0 aliphatic heterocycles. The molecule has 0 heterocycles. The van der Waals surface area contributed by atoms with Gasteiger partial charge < -0.3 is 5.73 Å². The largest absolute Gasteiger partial charge is 0.369 e. The van der Waals surface area contributed by atoms with Crippen molar-refractivity contribution in [2.24, 2.45) is 5.73 Å². The van der Waals surface area contributed by atoms with Crippen molar-refractivity contribution in [3.8, 4) is 0 Å². The van der Waals surface area contributed by atoms with E-state index in [0.29, 0.717) is 0 Å². The second kappa shape index (κ2) is 6.35. The van der Waals surface area contributed by atoms with E-state index in [4.69, 9.17) is 5.73 Å². The van der Waals surface area contributed by atoms with E-state index in [1.807, 2.05) is 36.4 Å². The summed E-state index contributed by atoms with van der Waals surface area (Å²) < 4.78 is 0. The molecule has 0 aromatic heterocycles. The van der Waals surface area contributed by atoms with Crippen LogP contribution in [-0.2, 0) is 10.3 Å². The Labute approximate surface area is 119 Å². The first kappa shape index (κ1) is 14.3. The first-order valence-electron chi connectivity index (χ1n) is 6.83. The van der Waals surface area contributed by atoms with Crippen LogP contribution in [0.4, 0.5) is 0 Å². The van der Waals surface area contributed by atoms with Gasteiger partial charge in [0.15, 0.2) is 0 Å². The number of amides is 1. The molecular formula is C17H20N2O. The van der Waals surface area contributed by atoms with Crippen LogP contribution in [0.3, 0.4) is 0 Å². The lowest BCUT2D eigenvalue weighted by Gasteiger charge is -2.35. The maximum Gasteiger partial charge on any atom is 0.231 e. The Kier molecular flexibility index (Phi) is 4.53. The number of carbonyl (C=O) groups excluding carboxylic acids is 1. The molecule has 0 aliphatic carbocycles. The Morgan fingerprint density at radius 2 is 1.45 bits per heavy atom. The number of rotatable bonds is 6. The summed E-state index contributed by atoms with van der Waals surface area (Å²) in [6, 6.07) is 20.3.